The van der Waals surface area contributed by atoms with Gasteiger partial charge >= 0.3 is 5.91 Å². The number of rotatable bonds is 7. The molecule has 2 aliphatic heterocycles. The summed E-state index contributed by atoms with van der Waals surface area (Å²) in [4.78, 5) is 33.4. The molecule has 0 radical (unpaired) electrons. The number of benzene rings is 3. The molecule has 1 saturated heterocycles. The lowest BCUT2D eigenvalue weighted by atomic mass is 9.94. The van der Waals surface area contributed by atoms with Crippen LogP contribution in [0.15, 0.2) is 60.2 Å². The second-order valence-corrected chi connectivity index (χ2v) is 11.3. The molecular formula is C31H27ClN2O6S. The number of thiazole rings is 1. The van der Waals surface area contributed by atoms with Gasteiger partial charge in [-0.3, -0.25) is 14.5 Å². The van der Waals surface area contributed by atoms with Crippen LogP contribution < -0.4 is 19.1 Å². The molecule has 0 bridgehead atoms. The van der Waals surface area contributed by atoms with Gasteiger partial charge < -0.3 is 19.3 Å². The van der Waals surface area contributed by atoms with Crippen LogP contribution in [0.5, 0.6) is 17.2 Å². The Balaban J connectivity index is 1.55. The number of aliphatic hydroxyl groups excluding tert-OH is 1. The number of halogens is 1. The molecule has 0 spiro atoms. The number of hydrogen-bond donors (Lipinski definition) is 1. The molecule has 210 valence electrons. The van der Waals surface area contributed by atoms with Crippen LogP contribution in [-0.2, 0) is 16.0 Å². The van der Waals surface area contributed by atoms with E-state index in [-0.39, 0.29) is 17.4 Å². The molecule has 4 aromatic rings. The fourth-order valence-electron chi connectivity index (χ4n) is 5.30. The lowest BCUT2D eigenvalue weighted by Gasteiger charge is -2.24. The number of fused-ring (bicyclic) bond motifs is 2. The first-order chi connectivity index (χ1) is 19.8. The van der Waals surface area contributed by atoms with Crippen LogP contribution >= 0.6 is 22.9 Å². The predicted molar refractivity (Wildman–Crippen MR) is 158 cm³/mol. The second-order valence-electron chi connectivity index (χ2n) is 9.80. The minimum absolute atomic E-state index is 0.0151. The predicted octanol–water partition coefficient (Wildman–Crippen LogP) is 6.70. The zero-order valence-corrected chi connectivity index (χ0v) is 24.2. The van der Waals surface area contributed by atoms with E-state index in [9.17, 15) is 14.7 Å². The largest absolute Gasteiger partial charge is 0.507 e. The summed E-state index contributed by atoms with van der Waals surface area (Å²) < 4.78 is 18.2. The molecular weight excluding hydrogens is 564 g/mol. The number of amides is 1. The van der Waals surface area contributed by atoms with E-state index in [1.54, 1.807) is 48.5 Å². The molecule has 0 aliphatic carbocycles. The van der Waals surface area contributed by atoms with Crippen molar-refractivity contribution < 1.29 is 28.9 Å². The highest BCUT2D eigenvalue weighted by Gasteiger charge is 2.48. The molecule has 3 aromatic carbocycles. The monoisotopic (exact) mass is 590 g/mol. The standard InChI is InChI=1S/C31H27ClN2O6S/c1-4-38-23-11-6-17(14-24(23)39-5-2)27-26(28(35)18-7-10-22-19(13-18)12-16(3)40-22)29(36)30(37)34(27)31-33-21-9-8-20(32)15-25(21)41-31/h6-11,13-16,27,35H,4-5,12H2,1-3H3/t16-,27+/m0/s1. The molecule has 1 aromatic heterocycles. The number of ketones is 1. The molecule has 41 heavy (non-hydrogen) atoms. The van der Waals surface area contributed by atoms with Crippen molar-refractivity contribution in [1.29, 1.82) is 0 Å². The number of aromatic nitrogens is 1. The van der Waals surface area contributed by atoms with Crippen LogP contribution in [0.3, 0.4) is 0 Å². The highest BCUT2D eigenvalue weighted by Crippen LogP contribution is 2.46. The Hall–Kier alpha value is -4.08. The molecule has 1 fully saturated rings. The average molecular weight is 591 g/mol. The molecule has 3 heterocycles. The zero-order chi connectivity index (χ0) is 28.8. The summed E-state index contributed by atoms with van der Waals surface area (Å²) in [7, 11) is 0. The molecule has 10 heteroatoms. The van der Waals surface area contributed by atoms with Crippen molar-refractivity contribution in [2.45, 2.75) is 39.3 Å². The number of hydrogen-bond acceptors (Lipinski definition) is 8. The van der Waals surface area contributed by atoms with Crippen molar-refractivity contribution in [3.05, 3.63) is 81.9 Å². The van der Waals surface area contributed by atoms with Gasteiger partial charge in [-0.1, -0.05) is 29.0 Å². The molecule has 2 aliphatic rings. The minimum Gasteiger partial charge on any atom is -0.507 e. The van der Waals surface area contributed by atoms with E-state index in [1.807, 2.05) is 26.8 Å². The fourth-order valence-corrected chi connectivity index (χ4v) is 6.57. The van der Waals surface area contributed by atoms with Gasteiger partial charge in [0.15, 0.2) is 16.6 Å². The topological polar surface area (TPSA) is 98.2 Å². The number of Topliss-reactive ketones (excluding diaryl/α,β-unsaturated/α-hetero) is 1. The maximum absolute atomic E-state index is 13.7. The van der Waals surface area contributed by atoms with Gasteiger partial charge in [-0.2, -0.15) is 0 Å². The molecule has 8 nitrogen and oxygen atoms in total. The Morgan fingerprint density at radius 2 is 1.85 bits per heavy atom. The van der Waals surface area contributed by atoms with E-state index >= 15 is 0 Å². The van der Waals surface area contributed by atoms with Crippen molar-refractivity contribution in [3.8, 4) is 17.2 Å². The van der Waals surface area contributed by atoms with Gasteiger partial charge in [0.05, 0.1) is 35.0 Å². The van der Waals surface area contributed by atoms with E-state index in [4.69, 9.17) is 25.8 Å². The minimum atomic E-state index is -0.968. The Morgan fingerprint density at radius 3 is 2.63 bits per heavy atom. The summed E-state index contributed by atoms with van der Waals surface area (Å²) in [5.41, 5.74) is 2.52. The molecule has 1 amide bonds. The third-order valence-corrected chi connectivity index (χ3v) is 8.29. The van der Waals surface area contributed by atoms with Gasteiger partial charge in [0.1, 0.15) is 17.6 Å². The van der Waals surface area contributed by atoms with Crippen LogP contribution in [0.4, 0.5) is 5.13 Å². The molecule has 0 unspecified atom stereocenters. The van der Waals surface area contributed by atoms with E-state index in [0.29, 0.717) is 57.9 Å². The Kier molecular flexibility index (Phi) is 7.09. The first-order valence-corrected chi connectivity index (χ1v) is 14.5. The smallest absolute Gasteiger partial charge is 0.301 e. The Labute approximate surface area is 245 Å². The number of carbonyl (C=O) groups excluding carboxylic acids is 2. The summed E-state index contributed by atoms with van der Waals surface area (Å²) in [5, 5.41) is 12.5. The van der Waals surface area contributed by atoms with Crippen LogP contribution in [0, 0.1) is 0 Å². The van der Waals surface area contributed by atoms with E-state index in [1.165, 1.54) is 16.2 Å². The lowest BCUT2D eigenvalue weighted by molar-refractivity contribution is -0.132. The SMILES string of the molecule is CCOc1ccc([C@@H]2C(=C(O)c3ccc4c(c3)C[C@H](C)O4)C(=O)C(=O)N2c2nc3ccc(Cl)cc3s2)cc1OCC. The van der Waals surface area contributed by atoms with Crippen molar-refractivity contribution in [2.24, 2.45) is 0 Å². The molecule has 6 rings (SSSR count). The van der Waals surface area contributed by atoms with Gasteiger partial charge in [-0.15, -0.1) is 0 Å². The van der Waals surface area contributed by atoms with Gasteiger partial charge in [-0.05, 0) is 80.4 Å². The van der Waals surface area contributed by atoms with E-state index in [2.05, 4.69) is 4.98 Å². The number of anilines is 1. The highest BCUT2D eigenvalue weighted by molar-refractivity contribution is 7.22. The lowest BCUT2D eigenvalue weighted by Crippen LogP contribution is -2.29. The zero-order valence-electron chi connectivity index (χ0n) is 22.6. The first-order valence-electron chi connectivity index (χ1n) is 13.4. The van der Waals surface area contributed by atoms with Crippen molar-refractivity contribution in [1.82, 2.24) is 4.98 Å². The molecule has 0 saturated carbocycles. The van der Waals surface area contributed by atoms with Crippen LogP contribution in [0.1, 0.15) is 43.5 Å². The van der Waals surface area contributed by atoms with E-state index in [0.717, 1.165) is 16.0 Å². The Morgan fingerprint density at radius 1 is 1.07 bits per heavy atom. The van der Waals surface area contributed by atoms with Crippen LogP contribution in [-0.4, -0.2) is 41.1 Å². The van der Waals surface area contributed by atoms with Crippen molar-refractivity contribution in [3.63, 3.8) is 0 Å². The first kappa shape index (κ1) is 27.1. The number of aliphatic hydroxyl groups is 1. The fraction of sp³-hybridized carbons (Fsp3) is 0.258. The van der Waals surface area contributed by atoms with Crippen LogP contribution in [0.25, 0.3) is 16.0 Å². The third-order valence-electron chi connectivity index (χ3n) is 7.04. The summed E-state index contributed by atoms with van der Waals surface area (Å²) in [5.74, 6) is -0.107. The van der Waals surface area contributed by atoms with Crippen molar-refractivity contribution >= 4 is 55.7 Å². The maximum Gasteiger partial charge on any atom is 0.301 e. The number of carbonyl (C=O) groups is 2. The summed E-state index contributed by atoms with van der Waals surface area (Å²) in [6.07, 6.45) is 0.695. The van der Waals surface area contributed by atoms with Gasteiger partial charge in [0.25, 0.3) is 5.78 Å². The highest BCUT2D eigenvalue weighted by atomic mass is 35.5. The average Bonchev–Trinajstić information content (AvgIpc) is 3.61. The number of ether oxygens (including phenoxy) is 3. The van der Waals surface area contributed by atoms with Crippen molar-refractivity contribution in [2.75, 3.05) is 18.1 Å². The van der Waals surface area contributed by atoms with Gasteiger partial charge in [0.2, 0.25) is 0 Å². The van der Waals surface area contributed by atoms with Gasteiger partial charge in [0, 0.05) is 17.0 Å². The molecule has 2 atom stereocenters. The van der Waals surface area contributed by atoms with Gasteiger partial charge in [-0.25, -0.2) is 4.98 Å². The van der Waals surface area contributed by atoms with Crippen LogP contribution in [0.2, 0.25) is 5.02 Å². The summed E-state index contributed by atoms with van der Waals surface area (Å²) in [6.45, 7) is 6.53. The summed E-state index contributed by atoms with van der Waals surface area (Å²) in [6, 6.07) is 14.8. The number of nitrogens with zero attached hydrogens (tertiary/aromatic N) is 2. The molecule has 1 N–H and O–H groups in total. The second kappa shape index (κ2) is 10.7. The quantitative estimate of drug-likeness (QED) is 0.145. The maximum atomic E-state index is 13.7. The third kappa shape index (κ3) is 4.79. The summed E-state index contributed by atoms with van der Waals surface area (Å²) >= 11 is 7.45. The Bertz CT molecular complexity index is 1730. The van der Waals surface area contributed by atoms with E-state index < -0.39 is 17.7 Å². The normalized spacial score (nSPS) is 19.5.